The van der Waals surface area contributed by atoms with Crippen molar-refractivity contribution in [1.82, 2.24) is 9.97 Å². The zero-order chi connectivity index (χ0) is 33.8. The molecule has 4 aromatic carbocycles. The van der Waals surface area contributed by atoms with E-state index >= 15 is 0 Å². The van der Waals surface area contributed by atoms with Gasteiger partial charge in [0.05, 0.1) is 8.07 Å². The standard InChI is InChI=1S/C26H20GeNO.C14H16NSi.Ir/c1-16-13-14-28-23(15-16)21-9-6-8-19-20-12-11-18-17-7-4-5-10-22(17)27(2,3)24(18)26(20)29-25(19)21;1-16(2,3)13-9-10-14(15-11-13)12-7-5-4-6-8-12;/h4-8,10-15H,1-3H3;4-7,9-11H,1-3H3;/q2*-1;/i1D3;;. The molecule has 0 unspecified atom stereocenters. The van der Waals surface area contributed by atoms with Gasteiger partial charge >= 0.3 is 177 Å². The quantitative estimate of drug-likeness (QED) is 0.132. The van der Waals surface area contributed by atoms with Gasteiger partial charge in [0, 0.05) is 26.3 Å². The first-order valence-corrected chi connectivity index (χ1v) is 25.0. The van der Waals surface area contributed by atoms with Crippen molar-refractivity contribution >= 4 is 57.3 Å². The minimum absolute atomic E-state index is 0. The second-order valence-corrected chi connectivity index (χ2v) is 27.2. The van der Waals surface area contributed by atoms with E-state index in [1.807, 2.05) is 42.6 Å². The molecule has 46 heavy (non-hydrogen) atoms. The summed E-state index contributed by atoms with van der Waals surface area (Å²) in [4.78, 5) is 8.97. The predicted octanol–water partition coefficient (Wildman–Crippen LogP) is 8.65. The molecule has 0 saturated heterocycles. The molecule has 4 heterocycles. The molecule has 0 bridgehead atoms. The summed E-state index contributed by atoms with van der Waals surface area (Å²) in [6.07, 6.45) is 3.56. The maximum absolute atomic E-state index is 7.75. The van der Waals surface area contributed by atoms with Crippen molar-refractivity contribution < 1.29 is 28.6 Å². The zero-order valence-electron chi connectivity index (χ0n) is 29.5. The van der Waals surface area contributed by atoms with Gasteiger partial charge in [-0.15, -0.1) is 35.9 Å². The molecule has 231 valence electrons. The number of rotatable bonds is 3. The third kappa shape index (κ3) is 5.75. The van der Waals surface area contributed by atoms with Crippen LogP contribution < -0.4 is 14.0 Å². The summed E-state index contributed by atoms with van der Waals surface area (Å²) in [7, 11) is -1.23. The summed E-state index contributed by atoms with van der Waals surface area (Å²) in [6.45, 7) is 4.80. The van der Waals surface area contributed by atoms with E-state index in [-0.39, 0.29) is 25.7 Å². The van der Waals surface area contributed by atoms with Gasteiger partial charge in [0.2, 0.25) is 0 Å². The van der Waals surface area contributed by atoms with Crippen LogP contribution in [-0.2, 0) is 20.1 Å². The predicted molar refractivity (Wildman–Crippen MR) is 194 cm³/mol. The van der Waals surface area contributed by atoms with E-state index in [1.54, 1.807) is 12.3 Å². The number of hydrogen-bond acceptors (Lipinski definition) is 3. The Balaban J connectivity index is 0.000000208. The van der Waals surface area contributed by atoms with Gasteiger partial charge in [-0.05, 0) is 10.9 Å². The fraction of sp³-hybridized carbons (Fsp3) is 0.150. The molecule has 0 fully saturated rings. The average Bonchev–Trinajstić information content (AvgIpc) is 3.57. The zero-order valence-corrected chi connectivity index (χ0v) is 32.0. The molecule has 0 amide bonds. The molecule has 1 radical (unpaired) electrons. The Hall–Kier alpha value is -3.61. The molecule has 0 aliphatic carbocycles. The number of aromatic nitrogens is 2. The van der Waals surface area contributed by atoms with Crippen LogP contribution >= 0.6 is 0 Å². The van der Waals surface area contributed by atoms with Crippen LogP contribution in [0.5, 0.6) is 0 Å². The normalized spacial score (nSPS) is 14.2. The van der Waals surface area contributed by atoms with Crippen molar-refractivity contribution in [3.8, 4) is 33.6 Å². The second-order valence-electron chi connectivity index (χ2n) is 13.1. The number of nitrogens with zero attached hydrogens (tertiary/aromatic N) is 2. The molecular formula is C40H36GeIrN2OSi-2. The van der Waals surface area contributed by atoms with Gasteiger partial charge in [0.1, 0.15) is 0 Å². The van der Waals surface area contributed by atoms with E-state index in [9.17, 15) is 0 Å². The van der Waals surface area contributed by atoms with E-state index in [4.69, 9.17) is 8.53 Å². The van der Waals surface area contributed by atoms with Gasteiger partial charge in [0.25, 0.3) is 0 Å². The van der Waals surface area contributed by atoms with Crippen molar-refractivity contribution in [2.45, 2.75) is 38.0 Å². The molecule has 0 N–H and O–H groups in total. The number of hydrogen-bond donors (Lipinski definition) is 0. The largest absolute Gasteiger partial charge is 0 e. The minimum atomic E-state index is -2.54. The molecule has 0 saturated carbocycles. The van der Waals surface area contributed by atoms with Gasteiger partial charge in [-0.2, -0.15) is 0 Å². The van der Waals surface area contributed by atoms with Crippen LogP contribution in [0.2, 0.25) is 31.2 Å². The summed E-state index contributed by atoms with van der Waals surface area (Å²) in [5.41, 5.74) is 7.85. The maximum atomic E-state index is 7.75. The minimum Gasteiger partial charge on any atom is 0 e. The van der Waals surface area contributed by atoms with E-state index < -0.39 is 28.2 Å². The van der Waals surface area contributed by atoms with Gasteiger partial charge in [0.15, 0.2) is 0 Å². The summed E-state index contributed by atoms with van der Waals surface area (Å²) in [6, 6.07) is 38.8. The van der Waals surface area contributed by atoms with Crippen LogP contribution in [0.25, 0.3) is 55.6 Å². The first-order chi connectivity index (χ1) is 22.8. The molecule has 8 rings (SSSR count). The van der Waals surface area contributed by atoms with Gasteiger partial charge < -0.3 is 4.98 Å². The van der Waals surface area contributed by atoms with Crippen LogP contribution in [0, 0.1) is 19.0 Å². The van der Waals surface area contributed by atoms with Crippen LogP contribution in [0.1, 0.15) is 9.68 Å². The third-order valence-electron chi connectivity index (χ3n) is 8.75. The van der Waals surface area contributed by atoms with Crippen molar-refractivity contribution in [3.05, 3.63) is 127 Å². The van der Waals surface area contributed by atoms with Gasteiger partial charge in [-0.25, -0.2) is 0 Å². The monoisotopic (exact) mass is 858 g/mol. The Labute approximate surface area is 293 Å². The van der Waals surface area contributed by atoms with Gasteiger partial charge in [-0.1, -0.05) is 31.8 Å². The summed E-state index contributed by atoms with van der Waals surface area (Å²) < 4.78 is 32.7. The van der Waals surface area contributed by atoms with Gasteiger partial charge in [-0.3, -0.25) is 0 Å². The molecule has 6 heteroatoms. The van der Waals surface area contributed by atoms with Crippen molar-refractivity contribution in [3.63, 3.8) is 0 Å². The summed E-state index contributed by atoms with van der Waals surface area (Å²) in [5.74, 6) is 4.84. The first kappa shape index (κ1) is 28.6. The van der Waals surface area contributed by atoms with E-state index in [0.717, 1.165) is 27.6 Å². The first-order valence-electron chi connectivity index (χ1n) is 16.7. The average molecular weight is 857 g/mol. The SMILES string of the molecule is C[Si](C)(C)c1ccc(-c2[c-]cccc2)nc1.[2H]C([2H])([2H])c1ccnc(-c2[c-]ccc3c2oc2[c]4c(ccc23)-c2cccc[c]2[Ge]4([CH3])[CH3])c1.[Ir]. The molecule has 3 nitrogen and oxygen atoms in total. The number of aryl methyl sites for hydroxylation is 1. The van der Waals surface area contributed by atoms with Crippen molar-refractivity contribution in [1.29, 1.82) is 0 Å². The number of fused-ring (bicyclic) bond motifs is 7. The van der Waals surface area contributed by atoms with Crippen molar-refractivity contribution in [2.75, 3.05) is 0 Å². The van der Waals surface area contributed by atoms with E-state index in [0.29, 0.717) is 16.8 Å². The molecular weight excluding hydrogens is 817 g/mol. The smallest absolute Gasteiger partial charge is 0 e. The Kier molecular flexibility index (Phi) is 7.79. The molecule has 0 spiro atoms. The van der Waals surface area contributed by atoms with E-state index in [1.165, 1.54) is 31.2 Å². The fourth-order valence-corrected chi connectivity index (χ4v) is 14.4. The Morgan fingerprint density at radius 1 is 0.761 bits per heavy atom. The Morgan fingerprint density at radius 3 is 2.30 bits per heavy atom. The van der Waals surface area contributed by atoms with Crippen LogP contribution in [0.15, 0.2) is 114 Å². The third-order valence-corrected chi connectivity index (χ3v) is 18.2. The molecule has 1 aliphatic heterocycles. The molecule has 1 aliphatic rings. The molecule has 0 atom stereocenters. The van der Waals surface area contributed by atoms with Crippen LogP contribution in [-0.4, -0.2) is 31.3 Å². The van der Waals surface area contributed by atoms with Crippen LogP contribution in [0.4, 0.5) is 0 Å². The molecule has 3 aromatic heterocycles. The second kappa shape index (κ2) is 12.5. The van der Waals surface area contributed by atoms with Crippen molar-refractivity contribution in [2.24, 2.45) is 0 Å². The fourth-order valence-electron chi connectivity index (χ4n) is 6.35. The molecule has 7 aromatic rings. The maximum Gasteiger partial charge on any atom is 0 e. The Morgan fingerprint density at radius 2 is 1.57 bits per heavy atom. The summed E-state index contributed by atoms with van der Waals surface area (Å²) in [5, 5.41) is 3.49. The number of furan rings is 1. The van der Waals surface area contributed by atoms with Crippen LogP contribution in [0.3, 0.4) is 0 Å². The summed E-state index contributed by atoms with van der Waals surface area (Å²) >= 11 is -2.54. The topological polar surface area (TPSA) is 38.9 Å². The number of pyridine rings is 2. The Bertz CT molecular complexity index is 2300. The number of benzene rings is 4. The van der Waals surface area contributed by atoms with E-state index in [2.05, 4.69) is 102 Å².